The van der Waals surface area contributed by atoms with Gasteiger partial charge >= 0.3 is 0 Å². The lowest BCUT2D eigenvalue weighted by atomic mass is 10.1. The molecular formula is C20H18ClN7OS. The van der Waals surface area contributed by atoms with Crippen molar-refractivity contribution in [2.45, 2.75) is 31.3 Å². The first-order valence-corrected chi connectivity index (χ1v) is 10.8. The van der Waals surface area contributed by atoms with E-state index >= 15 is 0 Å². The standard InChI is InChI=1S/C20H18ClN7OS/c21-12-6-7-15-17(11-12)30-20(27-15)26-14-4-1-3-13(14)25-19(29)18-16(5-2-8-22-18)28-23-9-10-24-28/h2,5-11,13-14H,1,3-4H2,(H,25,29)(H,26,27)/t13?,14-/m0/s1. The van der Waals surface area contributed by atoms with Crippen LogP contribution in [0.3, 0.4) is 0 Å². The molecule has 1 aliphatic carbocycles. The molecule has 0 saturated heterocycles. The molecule has 1 fully saturated rings. The van der Waals surface area contributed by atoms with Gasteiger partial charge in [0, 0.05) is 23.3 Å². The lowest BCUT2D eigenvalue weighted by molar-refractivity contribution is 0.0930. The van der Waals surface area contributed by atoms with E-state index in [9.17, 15) is 4.79 Å². The van der Waals surface area contributed by atoms with Gasteiger partial charge in [0.05, 0.1) is 22.6 Å². The van der Waals surface area contributed by atoms with Crippen molar-refractivity contribution >= 4 is 44.2 Å². The Morgan fingerprint density at radius 3 is 2.83 bits per heavy atom. The lowest BCUT2D eigenvalue weighted by Gasteiger charge is -2.22. The van der Waals surface area contributed by atoms with Crippen LogP contribution in [-0.4, -0.2) is 43.0 Å². The van der Waals surface area contributed by atoms with Crippen LogP contribution < -0.4 is 10.6 Å². The molecule has 0 aliphatic heterocycles. The smallest absolute Gasteiger partial charge is 0.272 e. The average molecular weight is 440 g/mol. The highest BCUT2D eigenvalue weighted by molar-refractivity contribution is 7.22. The maximum Gasteiger partial charge on any atom is 0.272 e. The predicted octanol–water partition coefficient (Wildman–Crippen LogP) is 3.69. The van der Waals surface area contributed by atoms with Gasteiger partial charge in [-0.05, 0) is 49.6 Å². The van der Waals surface area contributed by atoms with Crippen LogP contribution in [0.15, 0.2) is 48.9 Å². The molecule has 4 aromatic rings. The number of anilines is 1. The largest absolute Gasteiger partial charge is 0.357 e. The summed E-state index contributed by atoms with van der Waals surface area (Å²) < 4.78 is 1.04. The van der Waals surface area contributed by atoms with Crippen LogP contribution in [0.25, 0.3) is 15.9 Å². The molecule has 1 aliphatic rings. The molecular weight excluding hydrogens is 422 g/mol. The Hall–Kier alpha value is -3.04. The number of thiazole rings is 1. The first kappa shape index (κ1) is 19.0. The van der Waals surface area contributed by atoms with Crippen molar-refractivity contribution in [1.29, 1.82) is 0 Å². The topological polar surface area (TPSA) is 97.6 Å². The maximum atomic E-state index is 13.0. The van der Waals surface area contributed by atoms with E-state index in [0.717, 1.165) is 34.6 Å². The number of nitrogens with zero attached hydrogens (tertiary/aromatic N) is 5. The Morgan fingerprint density at radius 2 is 1.97 bits per heavy atom. The summed E-state index contributed by atoms with van der Waals surface area (Å²) in [5.41, 5.74) is 1.76. The molecule has 1 aromatic carbocycles. The van der Waals surface area contributed by atoms with Gasteiger partial charge in [-0.25, -0.2) is 9.97 Å². The quantitative estimate of drug-likeness (QED) is 0.492. The van der Waals surface area contributed by atoms with Crippen LogP contribution in [0.2, 0.25) is 5.02 Å². The van der Waals surface area contributed by atoms with Crippen molar-refractivity contribution in [3.05, 3.63) is 59.6 Å². The van der Waals surface area contributed by atoms with Crippen LogP contribution >= 0.6 is 22.9 Å². The minimum atomic E-state index is -0.238. The summed E-state index contributed by atoms with van der Waals surface area (Å²) in [4.78, 5) is 23.3. The molecule has 3 aromatic heterocycles. The van der Waals surface area contributed by atoms with E-state index in [0.29, 0.717) is 16.4 Å². The predicted molar refractivity (Wildman–Crippen MR) is 116 cm³/mol. The zero-order chi connectivity index (χ0) is 20.5. The van der Waals surface area contributed by atoms with Crippen LogP contribution in [-0.2, 0) is 0 Å². The van der Waals surface area contributed by atoms with E-state index in [1.807, 2.05) is 18.2 Å². The molecule has 30 heavy (non-hydrogen) atoms. The Balaban J connectivity index is 1.33. The number of fused-ring (bicyclic) bond motifs is 1. The summed E-state index contributed by atoms with van der Waals surface area (Å²) in [6, 6.07) is 9.28. The van der Waals surface area contributed by atoms with E-state index in [1.165, 1.54) is 4.80 Å². The number of amides is 1. The molecule has 1 saturated carbocycles. The Bertz CT molecular complexity index is 1190. The summed E-state index contributed by atoms with van der Waals surface area (Å²) in [6.07, 6.45) is 7.60. The second kappa shape index (κ2) is 8.00. The highest BCUT2D eigenvalue weighted by Crippen LogP contribution is 2.31. The first-order valence-electron chi connectivity index (χ1n) is 9.62. The number of rotatable bonds is 5. The van der Waals surface area contributed by atoms with Gasteiger partial charge in [-0.3, -0.25) is 4.79 Å². The fourth-order valence-corrected chi connectivity index (χ4v) is 4.94. The van der Waals surface area contributed by atoms with Gasteiger partial charge in [0.1, 0.15) is 5.69 Å². The van der Waals surface area contributed by atoms with Crippen molar-refractivity contribution in [2.24, 2.45) is 0 Å². The average Bonchev–Trinajstić information content (AvgIpc) is 3.49. The van der Waals surface area contributed by atoms with Gasteiger partial charge in [0.15, 0.2) is 10.8 Å². The number of halogens is 1. The molecule has 0 bridgehead atoms. The van der Waals surface area contributed by atoms with Gasteiger partial charge in [0.2, 0.25) is 0 Å². The van der Waals surface area contributed by atoms with Crippen molar-refractivity contribution in [3.8, 4) is 5.69 Å². The molecule has 8 nitrogen and oxygen atoms in total. The summed E-state index contributed by atoms with van der Waals surface area (Å²) >= 11 is 7.65. The molecule has 1 amide bonds. The number of hydrogen-bond acceptors (Lipinski definition) is 7. The summed E-state index contributed by atoms with van der Waals surface area (Å²) in [5.74, 6) is -0.238. The third-order valence-corrected chi connectivity index (χ3v) is 6.31. The highest BCUT2D eigenvalue weighted by atomic mass is 35.5. The third-order valence-electron chi connectivity index (χ3n) is 5.13. The highest BCUT2D eigenvalue weighted by Gasteiger charge is 2.30. The molecule has 0 spiro atoms. The zero-order valence-corrected chi connectivity index (χ0v) is 17.4. The van der Waals surface area contributed by atoms with Crippen LogP contribution in [0, 0.1) is 0 Å². The number of carbonyl (C=O) groups excluding carboxylic acids is 1. The van der Waals surface area contributed by atoms with E-state index in [1.54, 1.807) is 42.1 Å². The van der Waals surface area contributed by atoms with Crippen LogP contribution in [0.4, 0.5) is 5.13 Å². The number of hydrogen-bond donors (Lipinski definition) is 2. The number of pyridine rings is 1. The molecule has 10 heteroatoms. The second-order valence-corrected chi connectivity index (χ2v) is 8.55. The molecule has 1 unspecified atom stereocenters. The van der Waals surface area contributed by atoms with Gasteiger partial charge in [-0.15, -0.1) is 4.80 Å². The van der Waals surface area contributed by atoms with Crippen molar-refractivity contribution in [1.82, 2.24) is 30.3 Å². The Morgan fingerprint density at radius 1 is 1.13 bits per heavy atom. The van der Waals surface area contributed by atoms with Crippen LogP contribution in [0.5, 0.6) is 0 Å². The number of benzene rings is 1. The lowest BCUT2D eigenvalue weighted by Crippen LogP contribution is -2.43. The van der Waals surface area contributed by atoms with Gasteiger partial charge in [0.25, 0.3) is 5.91 Å². The first-order chi connectivity index (χ1) is 14.7. The zero-order valence-electron chi connectivity index (χ0n) is 15.8. The monoisotopic (exact) mass is 439 g/mol. The maximum absolute atomic E-state index is 13.0. The fourth-order valence-electron chi connectivity index (χ4n) is 3.73. The van der Waals surface area contributed by atoms with Gasteiger partial charge in [-0.2, -0.15) is 10.2 Å². The summed E-state index contributed by atoms with van der Waals surface area (Å²) in [6.45, 7) is 0. The van der Waals surface area contributed by atoms with Crippen LogP contribution in [0.1, 0.15) is 29.8 Å². The molecule has 2 atom stereocenters. The number of carbonyl (C=O) groups is 1. The number of aromatic nitrogens is 5. The molecule has 2 N–H and O–H groups in total. The molecule has 5 rings (SSSR count). The summed E-state index contributed by atoms with van der Waals surface area (Å²) in [7, 11) is 0. The van der Waals surface area contributed by atoms with E-state index in [4.69, 9.17) is 11.6 Å². The van der Waals surface area contributed by atoms with Gasteiger partial charge in [-0.1, -0.05) is 22.9 Å². The normalized spacial score (nSPS) is 18.6. The SMILES string of the molecule is O=C(NC1CCC[C@@H]1Nc1nc2ccc(Cl)cc2s1)c1ncccc1-n1nccn1. The molecule has 3 heterocycles. The fraction of sp³-hybridized carbons (Fsp3) is 0.250. The molecule has 0 radical (unpaired) electrons. The van der Waals surface area contributed by atoms with E-state index in [2.05, 4.69) is 30.8 Å². The van der Waals surface area contributed by atoms with Crippen molar-refractivity contribution < 1.29 is 4.79 Å². The van der Waals surface area contributed by atoms with Gasteiger partial charge < -0.3 is 10.6 Å². The van der Waals surface area contributed by atoms with E-state index in [-0.39, 0.29) is 18.0 Å². The van der Waals surface area contributed by atoms with E-state index < -0.39 is 0 Å². The summed E-state index contributed by atoms with van der Waals surface area (Å²) in [5, 5.41) is 16.4. The third kappa shape index (κ3) is 3.73. The Kier molecular flexibility index (Phi) is 5.06. The Labute approximate surface area is 181 Å². The minimum absolute atomic E-state index is 0.0199. The number of nitrogens with one attached hydrogen (secondary N) is 2. The molecule has 152 valence electrons. The second-order valence-electron chi connectivity index (χ2n) is 7.08. The minimum Gasteiger partial charge on any atom is -0.357 e. The van der Waals surface area contributed by atoms with Crippen molar-refractivity contribution in [3.63, 3.8) is 0 Å². The van der Waals surface area contributed by atoms with Crippen molar-refractivity contribution in [2.75, 3.05) is 5.32 Å².